The number of hydrogen-bond donors (Lipinski definition) is 2. The van der Waals surface area contributed by atoms with Gasteiger partial charge in [-0.1, -0.05) is 25.1 Å². The summed E-state index contributed by atoms with van der Waals surface area (Å²) in [5.41, 5.74) is 1.80. The number of amides is 2. The average Bonchev–Trinajstić information content (AvgIpc) is 2.88. The van der Waals surface area contributed by atoms with Crippen molar-refractivity contribution >= 4 is 17.7 Å². The molecule has 5 heteroatoms. The smallest absolute Gasteiger partial charge is 0.326 e. The minimum absolute atomic E-state index is 0.328. The van der Waals surface area contributed by atoms with Crippen LogP contribution in [-0.2, 0) is 11.2 Å². The number of nitrogens with zero attached hydrogens (tertiary/aromatic N) is 1. The van der Waals surface area contributed by atoms with E-state index in [1.54, 1.807) is 0 Å². The largest absolute Gasteiger partial charge is 0.480 e. The Morgan fingerprint density at radius 3 is 2.84 bits per heavy atom. The molecule has 1 aromatic carbocycles. The van der Waals surface area contributed by atoms with E-state index < -0.39 is 12.0 Å². The van der Waals surface area contributed by atoms with Crippen LogP contribution in [0.3, 0.4) is 0 Å². The Kier molecular flexibility index (Phi) is 4.04. The van der Waals surface area contributed by atoms with E-state index in [9.17, 15) is 9.59 Å². The number of benzene rings is 1. The molecule has 1 aromatic rings. The molecular formula is C14H18N2O3. The van der Waals surface area contributed by atoms with Crippen LogP contribution in [0.1, 0.15) is 25.3 Å². The van der Waals surface area contributed by atoms with Crippen LogP contribution in [0.4, 0.5) is 10.5 Å². The second kappa shape index (κ2) is 5.73. The van der Waals surface area contributed by atoms with E-state index in [1.807, 2.05) is 31.2 Å². The maximum absolute atomic E-state index is 12.1. The lowest BCUT2D eigenvalue weighted by Crippen LogP contribution is -2.42. The summed E-state index contributed by atoms with van der Waals surface area (Å²) < 4.78 is 0. The standard InChI is InChI=1S/C14H18N2O3/c1-2-10-6-3-4-7-11(10)15-14(19)16-9-5-8-12(16)13(17)18/h3-4,6-7,12H,2,5,8-9H2,1H3,(H,15,19)(H,17,18). The highest BCUT2D eigenvalue weighted by atomic mass is 16.4. The SMILES string of the molecule is CCc1ccccc1NC(=O)N1CCCC1C(=O)O. The van der Waals surface area contributed by atoms with Crippen molar-refractivity contribution < 1.29 is 14.7 Å². The van der Waals surface area contributed by atoms with Crippen molar-refractivity contribution in [2.45, 2.75) is 32.2 Å². The van der Waals surface area contributed by atoms with Gasteiger partial charge in [0.2, 0.25) is 0 Å². The van der Waals surface area contributed by atoms with Crippen LogP contribution in [0.15, 0.2) is 24.3 Å². The molecule has 0 saturated carbocycles. The van der Waals surface area contributed by atoms with Gasteiger partial charge in [-0.15, -0.1) is 0 Å². The second-order valence-corrected chi connectivity index (χ2v) is 4.63. The Morgan fingerprint density at radius 1 is 1.42 bits per heavy atom. The van der Waals surface area contributed by atoms with Crippen molar-refractivity contribution in [3.05, 3.63) is 29.8 Å². The number of urea groups is 1. The lowest BCUT2D eigenvalue weighted by atomic mass is 10.1. The van der Waals surface area contributed by atoms with Crippen molar-refractivity contribution in [3.63, 3.8) is 0 Å². The van der Waals surface area contributed by atoms with Crippen molar-refractivity contribution in [1.29, 1.82) is 0 Å². The number of carboxylic acids is 1. The van der Waals surface area contributed by atoms with Gasteiger partial charge < -0.3 is 15.3 Å². The molecule has 1 unspecified atom stereocenters. The highest BCUT2D eigenvalue weighted by molar-refractivity contribution is 5.93. The normalized spacial score (nSPS) is 18.4. The van der Waals surface area contributed by atoms with E-state index in [1.165, 1.54) is 4.90 Å². The average molecular weight is 262 g/mol. The zero-order valence-electron chi connectivity index (χ0n) is 10.9. The van der Waals surface area contributed by atoms with E-state index in [4.69, 9.17) is 5.11 Å². The van der Waals surface area contributed by atoms with Crippen LogP contribution in [-0.4, -0.2) is 34.6 Å². The molecule has 2 rings (SSSR count). The first-order valence-electron chi connectivity index (χ1n) is 6.51. The van der Waals surface area contributed by atoms with Crippen molar-refractivity contribution in [1.82, 2.24) is 4.90 Å². The quantitative estimate of drug-likeness (QED) is 0.878. The Labute approximate surface area is 112 Å². The van der Waals surface area contributed by atoms with E-state index in [-0.39, 0.29) is 6.03 Å². The highest BCUT2D eigenvalue weighted by Gasteiger charge is 2.34. The summed E-state index contributed by atoms with van der Waals surface area (Å²) in [6.07, 6.45) is 2.08. The Bertz CT molecular complexity index is 487. The summed E-state index contributed by atoms with van der Waals surface area (Å²) in [6.45, 7) is 2.51. The molecule has 2 N–H and O–H groups in total. The van der Waals surface area contributed by atoms with Crippen LogP contribution in [0.25, 0.3) is 0 Å². The molecular weight excluding hydrogens is 244 g/mol. The summed E-state index contributed by atoms with van der Waals surface area (Å²) in [7, 11) is 0. The molecule has 102 valence electrons. The highest BCUT2D eigenvalue weighted by Crippen LogP contribution is 2.21. The molecule has 0 spiro atoms. The second-order valence-electron chi connectivity index (χ2n) is 4.63. The first-order valence-corrected chi connectivity index (χ1v) is 6.51. The number of carbonyl (C=O) groups is 2. The predicted octanol–water partition coefficient (Wildman–Crippen LogP) is 2.33. The van der Waals surface area contributed by atoms with E-state index in [2.05, 4.69) is 5.32 Å². The topological polar surface area (TPSA) is 69.6 Å². The van der Waals surface area contributed by atoms with Gasteiger partial charge in [0.05, 0.1) is 0 Å². The van der Waals surface area contributed by atoms with Gasteiger partial charge in [0.25, 0.3) is 0 Å². The van der Waals surface area contributed by atoms with Gasteiger partial charge in [-0.05, 0) is 30.9 Å². The van der Waals surface area contributed by atoms with Crippen molar-refractivity contribution in [2.24, 2.45) is 0 Å². The number of anilines is 1. The molecule has 0 aromatic heterocycles. The van der Waals surface area contributed by atoms with Crippen LogP contribution in [0.2, 0.25) is 0 Å². The number of para-hydroxylation sites is 1. The van der Waals surface area contributed by atoms with Gasteiger partial charge in [-0.25, -0.2) is 9.59 Å². The first-order chi connectivity index (χ1) is 9.13. The molecule has 5 nitrogen and oxygen atoms in total. The molecule has 1 heterocycles. The molecule has 1 fully saturated rings. The summed E-state index contributed by atoms with van der Waals surface area (Å²) in [6, 6.07) is 6.54. The minimum Gasteiger partial charge on any atom is -0.480 e. The molecule has 1 aliphatic rings. The Balaban J connectivity index is 2.10. The number of rotatable bonds is 3. The van der Waals surface area contributed by atoms with Crippen LogP contribution < -0.4 is 5.32 Å². The third kappa shape index (κ3) is 2.86. The van der Waals surface area contributed by atoms with Gasteiger partial charge >= 0.3 is 12.0 Å². The predicted molar refractivity (Wildman–Crippen MR) is 72.2 cm³/mol. The van der Waals surface area contributed by atoms with E-state index in [0.29, 0.717) is 13.0 Å². The fraction of sp³-hybridized carbons (Fsp3) is 0.429. The number of nitrogens with one attached hydrogen (secondary N) is 1. The molecule has 0 radical (unpaired) electrons. The summed E-state index contributed by atoms with van der Waals surface area (Å²) in [4.78, 5) is 24.6. The number of carbonyl (C=O) groups excluding carboxylic acids is 1. The fourth-order valence-corrected chi connectivity index (χ4v) is 2.40. The Morgan fingerprint density at radius 2 is 2.16 bits per heavy atom. The molecule has 2 amide bonds. The monoisotopic (exact) mass is 262 g/mol. The third-order valence-corrected chi connectivity index (χ3v) is 3.44. The summed E-state index contributed by atoms with van der Waals surface area (Å²) >= 11 is 0. The fourth-order valence-electron chi connectivity index (χ4n) is 2.40. The number of aryl methyl sites for hydroxylation is 1. The van der Waals surface area contributed by atoms with Crippen LogP contribution in [0.5, 0.6) is 0 Å². The third-order valence-electron chi connectivity index (χ3n) is 3.44. The lowest BCUT2D eigenvalue weighted by molar-refractivity contribution is -0.141. The molecule has 1 atom stereocenters. The molecule has 19 heavy (non-hydrogen) atoms. The summed E-state index contributed by atoms with van der Waals surface area (Å²) in [5, 5.41) is 11.9. The van der Waals surface area contributed by atoms with Crippen molar-refractivity contribution in [3.8, 4) is 0 Å². The zero-order valence-corrected chi connectivity index (χ0v) is 10.9. The number of aliphatic carboxylic acids is 1. The van der Waals surface area contributed by atoms with Gasteiger partial charge in [0, 0.05) is 12.2 Å². The molecule has 1 aliphatic heterocycles. The van der Waals surface area contributed by atoms with E-state index >= 15 is 0 Å². The maximum Gasteiger partial charge on any atom is 0.326 e. The van der Waals surface area contributed by atoms with Gasteiger partial charge in [-0.2, -0.15) is 0 Å². The number of likely N-dealkylation sites (tertiary alicyclic amines) is 1. The van der Waals surface area contributed by atoms with Crippen molar-refractivity contribution in [2.75, 3.05) is 11.9 Å². The van der Waals surface area contributed by atoms with Gasteiger partial charge in [0.15, 0.2) is 0 Å². The maximum atomic E-state index is 12.1. The first kappa shape index (κ1) is 13.4. The summed E-state index contributed by atoms with van der Waals surface area (Å²) in [5.74, 6) is -0.934. The lowest BCUT2D eigenvalue weighted by Gasteiger charge is -2.22. The minimum atomic E-state index is -0.934. The molecule has 0 aliphatic carbocycles. The van der Waals surface area contributed by atoms with Crippen LogP contribution in [0, 0.1) is 0 Å². The van der Waals surface area contributed by atoms with E-state index in [0.717, 1.165) is 24.1 Å². The molecule has 1 saturated heterocycles. The van der Waals surface area contributed by atoms with Crippen LogP contribution >= 0.6 is 0 Å². The van der Waals surface area contributed by atoms with Gasteiger partial charge in [-0.3, -0.25) is 0 Å². The van der Waals surface area contributed by atoms with Gasteiger partial charge in [0.1, 0.15) is 6.04 Å². The number of carboxylic acid groups (broad SMARTS) is 1. The zero-order chi connectivity index (χ0) is 13.8. The molecule has 0 bridgehead atoms. The number of hydrogen-bond acceptors (Lipinski definition) is 2. The Hall–Kier alpha value is -2.04.